The Hall–Kier alpha value is -4.35. The van der Waals surface area contributed by atoms with E-state index in [0.717, 1.165) is 16.8 Å². The molecule has 43 heavy (non-hydrogen) atoms. The molecule has 0 atom stereocenters. The third-order valence-electron chi connectivity index (χ3n) is 8.18. The first-order valence-electron chi connectivity index (χ1n) is 13.8. The van der Waals surface area contributed by atoms with Gasteiger partial charge in [-0.25, -0.2) is 0 Å². The van der Waals surface area contributed by atoms with Crippen LogP contribution in [-0.4, -0.2) is 40.7 Å². The third kappa shape index (κ3) is 5.23. The number of hydrogen-bond acceptors (Lipinski definition) is 7. The van der Waals surface area contributed by atoms with Crippen LogP contribution in [0, 0.1) is 5.92 Å². The number of likely N-dealkylation sites (tertiary alicyclic amines) is 1. The number of aliphatic hydroxyl groups is 1. The van der Waals surface area contributed by atoms with Crippen molar-refractivity contribution in [2.24, 2.45) is 5.92 Å². The van der Waals surface area contributed by atoms with Crippen molar-refractivity contribution >= 4 is 0 Å². The van der Waals surface area contributed by atoms with E-state index in [4.69, 9.17) is 0 Å². The van der Waals surface area contributed by atoms with Gasteiger partial charge in [0.2, 0.25) is 0 Å². The smallest absolute Gasteiger partial charge is 0.395 e. The molecule has 11 heteroatoms. The van der Waals surface area contributed by atoms with Crippen LogP contribution >= 0.6 is 0 Å². The molecule has 0 bridgehead atoms. The Kier molecular flexibility index (Phi) is 6.48. The molecule has 0 saturated carbocycles. The number of nitrogens with zero attached hydrogens (tertiary/aromatic N) is 2. The maximum atomic E-state index is 13.8. The van der Waals surface area contributed by atoms with Crippen LogP contribution in [0.4, 0.5) is 17.6 Å². The molecular formula is C32H26F4N2O5. The summed E-state index contributed by atoms with van der Waals surface area (Å²) >= 11 is 0. The molecule has 4 aromatic rings. The normalized spacial score (nSPS) is 19.0. The van der Waals surface area contributed by atoms with E-state index in [-0.39, 0.29) is 34.1 Å². The number of benzene rings is 3. The highest BCUT2D eigenvalue weighted by Crippen LogP contribution is 2.50. The van der Waals surface area contributed by atoms with Gasteiger partial charge >= 0.3 is 12.6 Å². The Morgan fingerprint density at radius 3 is 1.84 bits per heavy atom. The van der Waals surface area contributed by atoms with E-state index in [2.05, 4.69) is 41.0 Å². The number of ether oxygens (including phenoxy) is 4. The number of alkyl halides is 4. The standard InChI is InChI=1S/C32H26F4N2O5/c33-31(34)40-26-10-8-23(17-28(26)42-31)30(39,24-9-11-27-29(18-24)43-32(35,36)41-27)22-12-15-38(16-13-22)19-20-4-6-21(7-5-20)25-3-1-2-14-37-25/h1-11,14,17-18,22,39H,12-13,15-16,19H2. The Bertz CT molecular complexity index is 1580. The minimum Gasteiger partial charge on any atom is -0.395 e. The summed E-state index contributed by atoms with van der Waals surface area (Å²) in [6.07, 6.45) is -4.82. The second-order valence-electron chi connectivity index (χ2n) is 10.9. The van der Waals surface area contributed by atoms with E-state index in [0.29, 0.717) is 32.5 Å². The minimum atomic E-state index is -3.83. The van der Waals surface area contributed by atoms with Gasteiger partial charge in [0.25, 0.3) is 0 Å². The van der Waals surface area contributed by atoms with Crippen LogP contribution in [0.5, 0.6) is 23.0 Å². The molecule has 222 valence electrons. The molecule has 1 fully saturated rings. The zero-order valence-corrected chi connectivity index (χ0v) is 22.7. The summed E-state index contributed by atoms with van der Waals surface area (Å²) in [5.41, 5.74) is 1.83. The first-order chi connectivity index (χ1) is 20.6. The Morgan fingerprint density at radius 1 is 0.744 bits per heavy atom. The van der Waals surface area contributed by atoms with Crippen molar-refractivity contribution in [1.29, 1.82) is 0 Å². The molecule has 0 amide bonds. The molecule has 0 spiro atoms. The van der Waals surface area contributed by atoms with Crippen molar-refractivity contribution in [1.82, 2.24) is 9.88 Å². The lowest BCUT2D eigenvalue weighted by Crippen LogP contribution is -2.44. The lowest BCUT2D eigenvalue weighted by Gasteiger charge is -2.42. The maximum absolute atomic E-state index is 13.8. The zero-order valence-electron chi connectivity index (χ0n) is 22.7. The molecule has 0 aliphatic carbocycles. The van der Waals surface area contributed by atoms with Gasteiger partial charge in [-0.1, -0.05) is 42.5 Å². The summed E-state index contributed by atoms with van der Waals surface area (Å²) in [6.45, 7) is 1.98. The quantitative estimate of drug-likeness (QED) is 0.254. The highest BCUT2D eigenvalue weighted by molar-refractivity contribution is 5.59. The van der Waals surface area contributed by atoms with E-state index >= 15 is 0 Å². The molecule has 3 aliphatic rings. The first kappa shape index (κ1) is 27.5. The highest BCUT2D eigenvalue weighted by Gasteiger charge is 2.48. The molecule has 3 aliphatic heterocycles. The molecule has 7 rings (SSSR count). The third-order valence-corrected chi connectivity index (χ3v) is 8.18. The Balaban J connectivity index is 1.13. The number of fused-ring (bicyclic) bond motifs is 2. The molecule has 1 N–H and O–H groups in total. The number of aromatic nitrogens is 1. The lowest BCUT2D eigenvalue weighted by molar-refractivity contribution is -0.287. The number of pyridine rings is 1. The molecule has 0 unspecified atom stereocenters. The monoisotopic (exact) mass is 594 g/mol. The van der Waals surface area contributed by atoms with E-state index in [9.17, 15) is 22.7 Å². The second-order valence-corrected chi connectivity index (χ2v) is 10.9. The zero-order chi connectivity index (χ0) is 29.8. The van der Waals surface area contributed by atoms with Gasteiger partial charge in [-0.2, -0.15) is 0 Å². The van der Waals surface area contributed by atoms with E-state index in [1.54, 1.807) is 6.20 Å². The van der Waals surface area contributed by atoms with Crippen LogP contribution in [0.1, 0.15) is 29.5 Å². The number of piperidine rings is 1. The maximum Gasteiger partial charge on any atom is 0.586 e. The summed E-state index contributed by atoms with van der Waals surface area (Å²) in [7, 11) is 0. The number of halogens is 4. The van der Waals surface area contributed by atoms with E-state index in [1.807, 2.05) is 30.3 Å². The predicted octanol–water partition coefficient (Wildman–Crippen LogP) is 6.54. The predicted molar refractivity (Wildman–Crippen MR) is 146 cm³/mol. The van der Waals surface area contributed by atoms with Gasteiger partial charge in [0, 0.05) is 18.3 Å². The summed E-state index contributed by atoms with van der Waals surface area (Å²) in [5, 5.41) is 12.4. The average molecular weight is 595 g/mol. The van der Waals surface area contributed by atoms with Crippen LogP contribution in [0.3, 0.4) is 0 Å². The average Bonchev–Trinajstić information content (AvgIpc) is 3.49. The van der Waals surface area contributed by atoms with Crippen molar-refractivity contribution in [3.05, 3.63) is 102 Å². The van der Waals surface area contributed by atoms with Crippen molar-refractivity contribution in [2.45, 2.75) is 37.6 Å². The number of rotatable bonds is 6. The topological polar surface area (TPSA) is 73.3 Å². The van der Waals surface area contributed by atoms with Crippen LogP contribution in [0.2, 0.25) is 0 Å². The van der Waals surface area contributed by atoms with E-state index in [1.165, 1.54) is 36.4 Å². The van der Waals surface area contributed by atoms with Crippen LogP contribution in [-0.2, 0) is 12.1 Å². The highest BCUT2D eigenvalue weighted by atomic mass is 19.3. The summed E-state index contributed by atoms with van der Waals surface area (Å²) in [4.78, 5) is 6.66. The van der Waals surface area contributed by atoms with Crippen molar-refractivity contribution < 1.29 is 41.6 Å². The largest absolute Gasteiger partial charge is 0.586 e. The Labute approximate surface area is 244 Å². The molecule has 4 heterocycles. The fraction of sp³-hybridized carbons (Fsp3) is 0.281. The van der Waals surface area contributed by atoms with Crippen molar-refractivity contribution in [2.75, 3.05) is 13.1 Å². The number of hydrogen-bond donors (Lipinski definition) is 1. The van der Waals surface area contributed by atoms with Gasteiger partial charge in [-0.15, -0.1) is 17.6 Å². The van der Waals surface area contributed by atoms with Gasteiger partial charge in [0.1, 0.15) is 5.60 Å². The summed E-state index contributed by atoms with van der Waals surface area (Å²) < 4.78 is 73.5. The van der Waals surface area contributed by atoms with Crippen LogP contribution < -0.4 is 18.9 Å². The van der Waals surface area contributed by atoms with Gasteiger partial charge < -0.3 is 24.1 Å². The van der Waals surface area contributed by atoms with Gasteiger partial charge in [0.15, 0.2) is 23.0 Å². The van der Waals surface area contributed by atoms with Gasteiger partial charge in [-0.3, -0.25) is 9.88 Å². The second kappa shape index (κ2) is 10.1. The molecule has 0 radical (unpaired) electrons. The summed E-state index contributed by atoms with van der Waals surface area (Å²) in [5.74, 6) is -1.16. The van der Waals surface area contributed by atoms with Gasteiger partial charge in [0.05, 0.1) is 5.69 Å². The van der Waals surface area contributed by atoms with Crippen molar-refractivity contribution in [3.63, 3.8) is 0 Å². The Morgan fingerprint density at radius 2 is 1.30 bits per heavy atom. The molecule has 1 aromatic heterocycles. The fourth-order valence-electron chi connectivity index (χ4n) is 6.09. The first-order valence-corrected chi connectivity index (χ1v) is 13.8. The minimum absolute atomic E-state index is 0.162. The van der Waals surface area contributed by atoms with Crippen LogP contribution in [0.15, 0.2) is 85.1 Å². The summed E-state index contributed by atoms with van der Waals surface area (Å²) in [6, 6.07) is 22.2. The van der Waals surface area contributed by atoms with Crippen molar-refractivity contribution in [3.8, 4) is 34.3 Å². The molecule has 1 saturated heterocycles. The van der Waals surface area contributed by atoms with Gasteiger partial charge in [-0.05, 0) is 84.9 Å². The fourth-order valence-corrected chi connectivity index (χ4v) is 6.09. The molecule has 7 nitrogen and oxygen atoms in total. The SMILES string of the molecule is OC(c1ccc2c(c1)OC(F)(F)O2)(c1ccc2c(c1)OC(F)(F)O2)C1CCN(Cc2ccc(-c3ccccn3)cc2)CC1. The molecular weight excluding hydrogens is 568 g/mol. The van der Waals surface area contributed by atoms with Crippen LogP contribution in [0.25, 0.3) is 11.3 Å². The lowest BCUT2D eigenvalue weighted by atomic mass is 9.72. The van der Waals surface area contributed by atoms with E-state index < -0.39 is 24.1 Å². The molecule has 3 aromatic carbocycles.